The highest BCUT2D eigenvalue weighted by atomic mass is 32.2. The van der Waals surface area contributed by atoms with E-state index in [1.165, 1.54) is 34.6 Å². The number of rotatable bonds is 8. The molecule has 0 radical (unpaired) electrons. The van der Waals surface area contributed by atoms with Gasteiger partial charge >= 0.3 is 5.97 Å². The molecular formula is C24H28FN3O6S. The van der Waals surface area contributed by atoms with E-state index < -0.39 is 34.5 Å². The van der Waals surface area contributed by atoms with Crippen molar-refractivity contribution in [2.45, 2.75) is 56.2 Å². The van der Waals surface area contributed by atoms with E-state index >= 15 is 0 Å². The van der Waals surface area contributed by atoms with Crippen LogP contribution in [0.2, 0.25) is 0 Å². The number of halogens is 1. The van der Waals surface area contributed by atoms with Gasteiger partial charge in [-0.3, -0.25) is 9.48 Å². The van der Waals surface area contributed by atoms with Crippen LogP contribution in [0.25, 0.3) is 10.9 Å². The molecule has 0 bridgehead atoms. The first kappa shape index (κ1) is 25.1. The minimum Gasteiger partial charge on any atom is -0.491 e. The lowest BCUT2D eigenvalue weighted by Crippen LogP contribution is -2.48. The SMILES string of the molecule is CC(C)Oc1ccc(S(=O)(=O)N2CC[C@H](n3nc(CC(=O)O)c4ccc(F)cc43)C[C@H]2CO)cc1. The van der Waals surface area contributed by atoms with Crippen molar-refractivity contribution in [3.05, 3.63) is 54.0 Å². The molecule has 1 aromatic heterocycles. The Labute approximate surface area is 202 Å². The Kier molecular flexibility index (Phi) is 7.11. The van der Waals surface area contributed by atoms with Gasteiger partial charge in [-0.15, -0.1) is 0 Å². The predicted molar refractivity (Wildman–Crippen MR) is 126 cm³/mol. The number of carboxylic acids is 1. The van der Waals surface area contributed by atoms with Gasteiger partial charge in [0, 0.05) is 11.9 Å². The van der Waals surface area contributed by atoms with Gasteiger partial charge in [0.2, 0.25) is 10.0 Å². The average molecular weight is 506 g/mol. The number of aliphatic hydroxyl groups is 1. The fraction of sp³-hybridized carbons (Fsp3) is 0.417. The quantitative estimate of drug-likeness (QED) is 0.483. The Bertz CT molecular complexity index is 1320. The van der Waals surface area contributed by atoms with Crippen LogP contribution in [0.5, 0.6) is 5.75 Å². The second-order valence-electron chi connectivity index (χ2n) is 8.89. The van der Waals surface area contributed by atoms with Crippen molar-refractivity contribution >= 4 is 26.9 Å². The molecule has 1 aliphatic rings. The summed E-state index contributed by atoms with van der Waals surface area (Å²) in [6.45, 7) is 3.47. The normalized spacial score (nSPS) is 19.3. The molecular weight excluding hydrogens is 477 g/mol. The number of aliphatic carboxylic acids is 1. The first-order valence-corrected chi connectivity index (χ1v) is 12.8. The Hall–Kier alpha value is -3.02. The van der Waals surface area contributed by atoms with Crippen LogP contribution in [-0.2, 0) is 21.2 Å². The predicted octanol–water partition coefficient (Wildman–Crippen LogP) is 2.98. The zero-order chi connectivity index (χ0) is 25.3. The summed E-state index contributed by atoms with van der Waals surface area (Å²) >= 11 is 0. The van der Waals surface area contributed by atoms with Gasteiger partial charge in [0.1, 0.15) is 11.6 Å². The third kappa shape index (κ3) is 5.16. The maximum Gasteiger partial charge on any atom is 0.309 e. The molecule has 2 atom stereocenters. The number of fused-ring (bicyclic) bond motifs is 1. The topological polar surface area (TPSA) is 122 Å². The van der Waals surface area contributed by atoms with E-state index in [2.05, 4.69) is 5.10 Å². The van der Waals surface area contributed by atoms with Crippen molar-refractivity contribution in [2.75, 3.05) is 13.2 Å². The maximum atomic E-state index is 14.0. The van der Waals surface area contributed by atoms with E-state index in [1.807, 2.05) is 13.8 Å². The van der Waals surface area contributed by atoms with Gasteiger partial charge in [0.15, 0.2) is 0 Å². The molecule has 0 unspecified atom stereocenters. The second-order valence-corrected chi connectivity index (χ2v) is 10.8. The summed E-state index contributed by atoms with van der Waals surface area (Å²) < 4.78 is 49.1. The van der Waals surface area contributed by atoms with Crippen molar-refractivity contribution in [3.8, 4) is 5.75 Å². The molecule has 188 valence electrons. The lowest BCUT2D eigenvalue weighted by Gasteiger charge is -2.37. The van der Waals surface area contributed by atoms with Crippen LogP contribution in [0.1, 0.15) is 38.4 Å². The number of ether oxygens (including phenoxy) is 1. The van der Waals surface area contributed by atoms with Crippen molar-refractivity contribution in [2.24, 2.45) is 0 Å². The van der Waals surface area contributed by atoms with Gasteiger partial charge < -0.3 is 14.9 Å². The van der Waals surface area contributed by atoms with Crippen LogP contribution in [0.15, 0.2) is 47.4 Å². The molecule has 1 fully saturated rings. The second kappa shape index (κ2) is 9.92. The fourth-order valence-electron chi connectivity index (χ4n) is 4.54. The molecule has 2 heterocycles. The van der Waals surface area contributed by atoms with Gasteiger partial charge in [0.05, 0.1) is 47.3 Å². The number of aromatic nitrogens is 2. The molecule has 3 aromatic rings. The standard InChI is InChI=1S/C24H28FN3O6S/c1-15(2)34-19-4-6-20(7-5-19)35(32,33)27-10-9-17(12-18(27)14-29)28-23-11-16(25)3-8-21(23)22(26-28)13-24(30)31/h3-8,11,15,17-18,29H,9-10,12-14H2,1-2H3,(H,30,31)/t17-,18-/m0/s1. The zero-order valence-corrected chi connectivity index (χ0v) is 20.3. The zero-order valence-electron chi connectivity index (χ0n) is 19.5. The molecule has 9 nitrogen and oxygen atoms in total. The fourth-order valence-corrected chi connectivity index (χ4v) is 6.18. The van der Waals surface area contributed by atoms with Crippen molar-refractivity contribution in [1.82, 2.24) is 14.1 Å². The largest absolute Gasteiger partial charge is 0.491 e. The summed E-state index contributed by atoms with van der Waals surface area (Å²) in [6, 6.07) is 9.15. The van der Waals surface area contributed by atoms with Gasteiger partial charge in [-0.05, 0) is 69.2 Å². The summed E-state index contributed by atoms with van der Waals surface area (Å²) in [6.07, 6.45) is 0.245. The third-order valence-electron chi connectivity index (χ3n) is 6.06. The van der Waals surface area contributed by atoms with Crippen molar-refractivity contribution in [1.29, 1.82) is 0 Å². The van der Waals surface area contributed by atoms with Gasteiger partial charge in [-0.1, -0.05) is 0 Å². The Balaban J connectivity index is 1.61. The van der Waals surface area contributed by atoms with E-state index in [0.717, 1.165) is 0 Å². The van der Waals surface area contributed by atoms with Crippen LogP contribution in [0.3, 0.4) is 0 Å². The maximum absolute atomic E-state index is 14.0. The van der Waals surface area contributed by atoms with Crippen molar-refractivity contribution < 1.29 is 32.6 Å². The van der Waals surface area contributed by atoms with Crippen LogP contribution in [0.4, 0.5) is 4.39 Å². The Morgan fingerprint density at radius 1 is 1.23 bits per heavy atom. The number of piperidine rings is 1. The molecule has 11 heteroatoms. The number of benzene rings is 2. The molecule has 35 heavy (non-hydrogen) atoms. The number of hydrogen-bond donors (Lipinski definition) is 2. The monoisotopic (exact) mass is 505 g/mol. The molecule has 1 saturated heterocycles. The average Bonchev–Trinajstić information content (AvgIpc) is 3.15. The van der Waals surface area contributed by atoms with Crippen LogP contribution < -0.4 is 4.74 Å². The number of hydrogen-bond acceptors (Lipinski definition) is 6. The summed E-state index contributed by atoms with van der Waals surface area (Å²) in [7, 11) is -3.88. The number of aliphatic hydroxyl groups excluding tert-OH is 1. The van der Waals surface area contributed by atoms with Crippen LogP contribution in [-0.4, -0.2) is 64.0 Å². The Morgan fingerprint density at radius 3 is 2.57 bits per heavy atom. The summed E-state index contributed by atoms with van der Waals surface area (Å²) in [5.41, 5.74) is 0.756. The molecule has 0 amide bonds. The first-order chi connectivity index (χ1) is 16.6. The van der Waals surface area contributed by atoms with Gasteiger partial charge in [-0.2, -0.15) is 9.40 Å². The van der Waals surface area contributed by atoms with Crippen LogP contribution >= 0.6 is 0 Å². The number of nitrogens with zero attached hydrogens (tertiary/aromatic N) is 3. The highest BCUT2D eigenvalue weighted by Crippen LogP contribution is 2.34. The number of carboxylic acid groups (broad SMARTS) is 1. The molecule has 2 aromatic carbocycles. The minimum atomic E-state index is -3.88. The smallest absolute Gasteiger partial charge is 0.309 e. The molecule has 0 spiro atoms. The summed E-state index contributed by atoms with van der Waals surface area (Å²) in [5, 5.41) is 24.3. The van der Waals surface area contributed by atoms with E-state index in [1.54, 1.807) is 16.8 Å². The number of carbonyl (C=O) groups is 1. The van der Waals surface area contributed by atoms with Gasteiger partial charge in [-0.25, -0.2) is 12.8 Å². The third-order valence-corrected chi connectivity index (χ3v) is 8.02. The van der Waals surface area contributed by atoms with Crippen molar-refractivity contribution in [3.63, 3.8) is 0 Å². The van der Waals surface area contributed by atoms with Crippen LogP contribution in [0, 0.1) is 5.82 Å². The summed E-state index contributed by atoms with van der Waals surface area (Å²) in [4.78, 5) is 11.4. The minimum absolute atomic E-state index is 0.0434. The highest BCUT2D eigenvalue weighted by Gasteiger charge is 2.38. The number of sulfonamides is 1. The van der Waals surface area contributed by atoms with E-state index in [4.69, 9.17) is 4.74 Å². The van der Waals surface area contributed by atoms with E-state index in [0.29, 0.717) is 28.8 Å². The molecule has 4 rings (SSSR count). The lowest BCUT2D eigenvalue weighted by atomic mass is 10.00. The molecule has 0 aliphatic carbocycles. The highest BCUT2D eigenvalue weighted by molar-refractivity contribution is 7.89. The van der Waals surface area contributed by atoms with Gasteiger partial charge in [0.25, 0.3) is 0 Å². The van der Waals surface area contributed by atoms with E-state index in [9.17, 15) is 27.8 Å². The first-order valence-electron chi connectivity index (χ1n) is 11.4. The lowest BCUT2D eigenvalue weighted by molar-refractivity contribution is -0.136. The molecule has 0 saturated carbocycles. The molecule has 2 N–H and O–H groups in total. The molecule has 1 aliphatic heterocycles. The summed E-state index contributed by atoms with van der Waals surface area (Å²) in [5.74, 6) is -0.977. The van der Waals surface area contributed by atoms with E-state index in [-0.39, 0.29) is 36.4 Å². The Morgan fingerprint density at radius 2 is 1.94 bits per heavy atom.